The first-order chi connectivity index (χ1) is 14.9. The van der Waals surface area contributed by atoms with Crippen molar-refractivity contribution >= 4 is 22.4 Å². The lowest BCUT2D eigenvalue weighted by molar-refractivity contribution is 0.380. The van der Waals surface area contributed by atoms with Gasteiger partial charge in [-0.3, -0.25) is 0 Å². The van der Waals surface area contributed by atoms with E-state index >= 15 is 0 Å². The van der Waals surface area contributed by atoms with Crippen LogP contribution >= 0.6 is 0 Å². The van der Waals surface area contributed by atoms with Crippen molar-refractivity contribution in [1.29, 1.82) is 5.26 Å². The van der Waals surface area contributed by atoms with Gasteiger partial charge < -0.3 is 16.1 Å². The molecule has 0 aliphatic carbocycles. The van der Waals surface area contributed by atoms with E-state index in [0.29, 0.717) is 22.7 Å². The van der Waals surface area contributed by atoms with Crippen LogP contribution in [0.4, 0.5) is 5.69 Å². The molecule has 0 aliphatic rings. The van der Waals surface area contributed by atoms with Crippen LogP contribution in [0.2, 0.25) is 0 Å². The molecule has 0 unspecified atom stereocenters. The van der Waals surface area contributed by atoms with Crippen LogP contribution in [0.25, 0.3) is 22.5 Å². The lowest BCUT2D eigenvalue weighted by Crippen LogP contribution is -2.27. The van der Waals surface area contributed by atoms with Crippen molar-refractivity contribution in [2.45, 2.75) is 46.1 Å². The summed E-state index contributed by atoms with van der Waals surface area (Å²) in [4.78, 5) is 8.93. The minimum Gasteiger partial charge on any atom is -0.397 e. The summed E-state index contributed by atoms with van der Waals surface area (Å²) in [5, 5.41) is 19.3. The number of nitrogens with zero attached hydrogens (tertiary/aromatic N) is 6. The number of anilines is 1. The molecule has 0 amide bonds. The zero-order chi connectivity index (χ0) is 22.4. The second kappa shape index (κ2) is 9.91. The highest BCUT2D eigenvalue weighted by Gasteiger charge is 2.14. The molecular formula is C22H29N9. The highest BCUT2D eigenvalue weighted by atomic mass is 15.4. The molecule has 3 rings (SSSR count). The predicted molar refractivity (Wildman–Crippen MR) is 123 cm³/mol. The van der Waals surface area contributed by atoms with E-state index in [1.165, 1.54) is 6.20 Å². The topological polar surface area (TPSA) is 135 Å². The number of fused-ring (bicyclic) bond motifs is 1. The number of unbranched alkanes of at least 4 members (excludes halogenated alkanes) is 2. The molecule has 0 aromatic carbocycles. The van der Waals surface area contributed by atoms with Crippen molar-refractivity contribution in [1.82, 2.24) is 24.8 Å². The summed E-state index contributed by atoms with van der Waals surface area (Å²) < 4.78 is 1.64. The van der Waals surface area contributed by atoms with Crippen molar-refractivity contribution in [2.75, 3.05) is 11.9 Å². The molecule has 3 aromatic heterocycles. The molecule has 5 N–H and O–H groups in total. The van der Waals surface area contributed by atoms with E-state index < -0.39 is 0 Å². The summed E-state index contributed by atoms with van der Waals surface area (Å²) in [6, 6.07) is 5.92. The zero-order valence-corrected chi connectivity index (χ0v) is 18.2. The minimum atomic E-state index is 0.186. The Morgan fingerprint density at radius 2 is 2.06 bits per heavy atom. The van der Waals surface area contributed by atoms with E-state index in [2.05, 4.69) is 47.2 Å². The van der Waals surface area contributed by atoms with Gasteiger partial charge in [0, 0.05) is 53.9 Å². The van der Waals surface area contributed by atoms with Crippen molar-refractivity contribution in [3.8, 4) is 11.9 Å². The molecule has 0 saturated heterocycles. The van der Waals surface area contributed by atoms with Crippen LogP contribution < -0.4 is 16.9 Å². The number of rotatable bonds is 9. The van der Waals surface area contributed by atoms with E-state index in [1.54, 1.807) is 34.4 Å². The maximum atomic E-state index is 9.08. The molecule has 0 radical (unpaired) electrons. The number of nitrogens with two attached hydrogens (primary N) is 2. The first-order valence-electron chi connectivity index (χ1n) is 10.4. The molecule has 0 aliphatic heterocycles. The Balaban J connectivity index is 1.96. The average molecular weight is 420 g/mol. The fourth-order valence-electron chi connectivity index (χ4n) is 3.23. The number of nitriles is 1. The monoisotopic (exact) mass is 419 g/mol. The van der Waals surface area contributed by atoms with Gasteiger partial charge in [-0.2, -0.15) is 15.0 Å². The second-order valence-electron chi connectivity index (χ2n) is 7.72. The summed E-state index contributed by atoms with van der Waals surface area (Å²) in [6.07, 6.45) is 9.92. The van der Waals surface area contributed by atoms with E-state index in [0.717, 1.165) is 42.4 Å². The quantitative estimate of drug-likeness (QED) is 0.273. The van der Waals surface area contributed by atoms with E-state index in [-0.39, 0.29) is 6.04 Å². The molecule has 162 valence electrons. The molecule has 0 atom stereocenters. The average Bonchev–Trinajstić information content (AvgIpc) is 3.16. The lowest BCUT2D eigenvalue weighted by Gasteiger charge is -2.18. The van der Waals surface area contributed by atoms with Crippen LogP contribution in [0, 0.1) is 11.3 Å². The molecule has 31 heavy (non-hydrogen) atoms. The van der Waals surface area contributed by atoms with Gasteiger partial charge in [-0.25, -0.2) is 15.8 Å². The Morgan fingerprint density at radius 1 is 1.26 bits per heavy atom. The number of aromatic nitrogens is 4. The van der Waals surface area contributed by atoms with Gasteiger partial charge >= 0.3 is 0 Å². The van der Waals surface area contributed by atoms with Gasteiger partial charge in [-0.1, -0.05) is 19.8 Å². The first-order valence-corrected chi connectivity index (χ1v) is 10.4. The van der Waals surface area contributed by atoms with Gasteiger partial charge in [0.1, 0.15) is 6.07 Å². The van der Waals surface area contributed by atoms with Gasteiger partial charge in [0.15, 0.2) is 11.5 Å². The Hall–Kier alpha value is -3.64. The highest BCUT2D eigenvalue weighted by Crippen LogP contribution is 2.25. The minimum absolute atomic E-state index is 0.186. The van der Waals surface area contributed by atoms with E-state index in [9.17, 15) is 0 Å². The summed E-state index contributed by atoms with van der Waals surface area (Å²) in [6.45, 7) is 7.00. The Kier molecular flexibility index (Phi) is 7.05. The van der Waals surface area contributed by atoms with Gasteiger partial charge in [0.2, 0.25) is 0 Å². The molecule has 0 fully saturated rings. The fourth-order valence-corrected chi connectivity index (χ4v) is 3.23. The maximum Gasteiger partial charge on any atom is 0.164 e. The van der Waals surface area contributed by atoms with Gasteiger partial charge in [0.05, 0.1) is 17.5 Å². The van der Waals surface area contributed by atoms with Gasteiger partial charge in [-0.15, -0.1) is 0 Å². The first kappa shape index (κ1) is 22.1. The van der Waals surface area contributed by atoms with Crippen LogP contribution in [0.5, 0.6) is 0 Å². The van der Waals surface area contributed by atoms with Crippen molar-refractivity contribution in [3.05, 3.63) is 48.1 Å². The summed E-state index contributed by atoms with van der Waals surface area (Å²) in [5.74, 6) is 6.68. The third-order valence-electron chi connectivity index (χ3n) is 4.72. The zero-order valence-electron chi connectivity index (χ0n) is 18.2. The van der Waals surface area contributed by atoms with E-state index in [4.69, 9.17) is 16.8 Å². The maximum absolute atomic E-state index is 9.08. The van der Waals surface area contributed by atoms with E-state index in [1.807, 2.05) is 6.07 Å². The molecule has 0 spiro atoms. The lowest BCUT2D eigenvalue weighted by atomic mass is 10.1. The van der Waals surface area contributed by atoms with Crippen LogP contribution in [0.15, 0.2) is 36.9 Å². The SMILES string of the molecule is CCCCCN(N)/C=C(\N)c1cnc(-n2ncc3cc(C#N)cnc32)cc1NC(C)C. The summed E-state index contributed by atoms with van der Waals surface area (Å²) in [7, 11) is 0. The molecule has 0 bridgehead atoms. The van der Waals surface area contributed by atoms with Crippen molar-refractivity contribution in [3.63, 3.8) is 0 Å². The summed E-state index contributed by atoms with van der Waals surface area (Å²) >= 11 is 0. The third kappa shape index (κ3) is 5.29. The molecule has 3 aromatic rings. The summed E-state index contributed by atoms with van der Waals surface area (Å²) in [5.41, 5.74) is 9.60. The molecule has 0 saturated carbocycles. The Labute approximate surface area is 182 Å². The molecular weight excluding hydrogens is 390 g/mol. The van der Waals surface area contributed by atoms with Crippen LogP contribution in [-0.4, -0.2) is 37.3 Å². The number of pyridine rings is 2. The van der Waals surface area contributed by atoms with Gasteiger partial charge in [-0.05, 0) is 26.3 Å². The highest BCUT2D eigenvalue weighted by molar-refractivity contribution is 5.79. The fraction of sp³-hybridized carbons (Fsp3) is 0.364. The second-order valence-corrected chi connectivity index (χ2v) is 7.72. The Bertz CT molecular complexity index is 1110. The number of hydrogen-bond donors (Lipinski definition) is 3. The van der Waals surface area contributed by atoms with Crippen molar-refractivity contribution < 1.29 is 0 Å². The van der Waals surface area contributed by atoms with Gasteiger partial charge in [0.25, 0.3) is 0 Å². The molecule has 9 nitrogen and oxygen atoms in total. The predicted octanol–water partition coefficient (Wildman–Crippen LogP) is 3.13. The number of hydrogen-bond acceptors (Lipinski definition) is 8. The molecule has 3 heterocycles. The smallest absolute Gasteiger partial charge is 0.164 e. The normalized spacial score (nSPS) is 11.7. The van der Waals surface area contributed by atoms with Crippen molar-refractivity contribution in [2.24, 2.45) is 11.6 Å². The third-order valence-corrected chi connectivity index (χ3v) is 4.72. The van der Waals surface area contributed by atoms with Crippen LogP contribution in [0.1, 0.15) is 51.2 Å². The largest absolute Gasteiger partial charge is 0.397 e. The standard InChI is InChI=1S/C22H29N9/c1-4-5-6-7-30(25)14-19(24)18-13-26-21(9-20(18)29-15(2)3)31-22-17(12-28-31)8-16(10-23)11-27-22/h8-9,11-15H,4-7,24-25H2,1-3H3,(H,26,29)/b19-14-. The number of nitrogens with one attached hydrogen (secondary N) is 1. The van der Waals surface area contributed by atoms with Crippen LogP contribution in [-0.2, 0) is 0 Å². The van der Waals surface area contributed by atoms with Crippen LogP contribution in [0.3, 0.4) is 0 Å². The Morgan fingerprint density at radius 3 is 2.77 bits per heavy atom. The number of hydrazine groups is 1. The molecule has 9 heteroatoms.